The maximum atomic E-state index is 9.77. The fraction of sp³-hybridized carbons (Fsp3) is 0.0667. The van der Waals surface area contributed by atoms with Crippen molar-refractivity contribution in [1.29, 1.82) is 0 Å². The quantitative estimate of drug-likeness (QED) is 0.744. The van der Waals surface area contributed by atoms with E-state index in [1.165, 1.54) is 0 Å². The molecule has 0 bridgehead atoms. The summed E-state index contributed by atoms with van der Waals surface area (Å²) >= 11 is 0. The van der Waals surface area contributed by atoms with Crippen LogP contribution < -0.4 is 0 Å². The highest BCUT2D eigenvalue weighted by Crippen LogP contribution is 2.22. The van der Waals surface area contributed by atoms with Crippen LogP contribution >= 0.6 is 0 Å². The van der Waals surface area contributed by atoms with Gasteiger partial charge in [0.1, 0.15) is 5.75 Å². The lowest BCUT2D eigenvalue weighted by molar-refractivity contribution is 0.465. The molecule has 0 aliphatic heterocycles. The summed E-state index contributed by atoms with van der Waals surface area (Å²) in [5, 5.41) is 10.9. The summed E-state index contributed by atoms with van der Waals surface area (Å²) in [5.74, 6) is 0.235. The Labute approximate surface area is 105 Å². The molecular weight excluding hydrogens is 224 g/mol. The number of nitrogens with zero attached hydrogens (tertiary/aromatic N) is 2. The maximum absolute atomic E-state index is 9.77. The highest BCUT2D eigenvalue weighted by molar-refractivity contribution is 5.82. The predicted molar refractivity (Wildman–Crippen MR) is 70.5 cm³/mol. The lowest BCUT2D eigenvalue weighted by Gasteiger charge is -2.06. The molecule has 0 amide bonds. The molecule has 3 aromatic rings. The van der Waals surface area contributed by atoms with Gasteiger partial charge < -0.3 is 5.11 Å². The Hall–Kier alpha value is -2.42. The molecule has 1 aromatic carbocycles. The molecule has 0 saturated carbocycles. The van der Waals surface area contributed by atoms with E-state index in [4.69, 9.17) is 0 Å². The number of aromatic hydroxyl groups is 1. The number of para-hydroxylation sites is 1. The minimum atomic E-state index is 0.235. The Kier molecular flexibility index (Phi) is 2.65. The van der Waals surface area contributed by atoms with E-state index in [1.807, 2.05) is 30.3 Å². The third-order valence-electron chi connectivity index (χ3n) is 2.96. The van der Waals surface area contributed by atoms with Gasteiger partial charge in [-0.3, -0.25) is 9.97 Å². The van der Waals surface area contributed by atoms with Gasteiger partial charge in [-0.25, -0.2) is 0 Å². The molecule has 0 fully saturated rings. The molecular formula is C15H12N2O. The first kappa shape index (κ1) is 10.7. The van der Waals surface area contributed by atoms with Crippen LogP contribution in [0.2, 0.25) is 0 Å². The largest absolute Gasteiger partial charge is 0.506 e. The van der Waals surface area contributed by atoms with E-state index >= 15 is 0 Å². The van der Waals surface area contributed by atoms with Gasteiger partial charge in [-0.1, -0.05) is 18.2 Å². The molecule has 2 heterocycles. The summed E-state index contributed by atoms with van der Waals surface area (Å²) < 4.78 is 0. The average molecular weight is 236 g/mol. The second-order valence-corrected chi connectivity index (χ2v) is 4.13. The molecule has 3 heteroatoms. The van der Waals surface area contributed by atoms with Gasteiger partial charge in [-0.2, -0.15) is 0 Å². The second kappa shape index (κ2) is 4.45. The standard InChI is InChI=1S/C15H12N2O/c18-15-6-3-8-16-14(15)10-11-7-9-17-13-5-2-1-4-12(11)13/h1-9,18H,10H2. The number of aromatic nitrogens is 2. The van der Waals surface area contributed by atoms with Gasteiger partial charge in [-0.15, -0.1) is 0 Å². The summed E-state index contributed by atoms with van der Waals surface area (Å²) in [4.78, 5) is 8.53. The van der Waals surface area contributed by atoms with Gasteiger partial charge >= 0.3 is 0 Å². The van der Waals surface area contributed by atoms with Crippen LogP contribution in [0.25, 0.3) is 10.9 Å². The van der Waals surface area contributed by atoms with Crippen LogP contribution in [-0.2, 0) is 6.42 Å². The lowest BCUT2D eigenvalue weighted by atomic mass is 10.0. The monoisotopic (exact) mass is 236 g/mol. The first-order valence-corrected chi connectivity index (χ1v) is 5.80. The molecule has 0 aliphatic rings. The van der Waals surface area contributed by atoms with Gasteiger partial charge in [0.25, 0.3) is 0 Å². The Bertz CT molecular complexity index is 689. The Balaban J connectivity index is 2.08. The van der Waals surface area contributed by atoms with Crippen LogP contribution in [-0.4, -0.2) is 15.1 Å². The predicted octanol–water partition coefficient (Wildman–Crippen LogP) is 2.93. The molecule has 18 heavy (non-hydrogen) atoms. The van der Waals surface area contributed by atoms with Gasteiger partial charge in [0.2, 0.25) is 0 Å². The summed E-state index contributed by atoms with van der Waals surface area (Å²) in [6.07, 6.45) is 4.09. The Morgan fingerprint density at radius 1 is 0.889 bits per heavy atom. The van der Waals surface area contributed by atoms with E-state index in [1.54, 1.807) is 24.5 Å². The Morgan fingerprint density at radius 2 is 1.78 bits per heavy atom. The molecule has 0 spiro atoms. The van der Waals surface area contributed by atoms with Crippen LogP contribution in [0.15, 0.2) is 54.9 Å². The highest BCUT2D eigenvalue weighted by Gasteiger charge is 2.06. The van der Waals surface area contributed by atoms with Crippen LogP contribution in [0.1, 0.15) is 11.3 Å². The fourth-order valence-electron chi connectivity index (χ4n) is 2.06. The zero-order chi connectivity index (χ0) is 12.4. The molecule has 0 atom stereocenters. The summed E-state index contributed by atoms with van der Waals surface area (Å²) in [6, 6.07) is 13.3. The van der Waals surface area contributed by atoms with Crippen molar-refractivity contribution in [2.45, 2.75) is 6.42 Å². The van der Waals surface area contributed by atoms with Crippen LogP contribution in [0.4, 0.5) is 0 Å². The zero-order valence-electron chi connectivity index (χ0n) is 9.74. The van der Waals surface area contributed by atoms with Crippen LogP contribution in [0, 0.1) is 0 Å². The van der Waals surface area contributed by atoms with Crippen molar-refractivity contribution >= 4 is 10.9 Å². The number of hydrogen-bond acceptors (Lipinski definition) is 3. The molecule has 0 radical (unpaired) electrons. The summed E-state index contributed by atoms with van der Waals surface area (Å²) in [5.41, 5.74) is 2.77. The molecule has 3 nitrogen and oxygen atoms in total. The number of pyridine rings is 2. The topological polar surface area (TPSA) is 46.0 Å². The van der Waals surface area contributed by atoms with Crippen molar-refractivity contribution in [2.75, 3.05) is 0 Å². The third-order valence-corrected chi connectivity index (χ3v) is 2.96. The minimum absolute atomic E-state index is 0.235. The van der Waals surface area contributed by atoms with Gasteiger partial charge in [0.05, 0.1) is 11.2 Å². The lowest BCUT2D eigenvalue weighted by Crippen LogP contribution is -1.94. The van der Waals surface area contributed by atoms with E-state index in [0.29, 0.717) is 12.1 Å². The van der Waals surface area contributed by atoms with Crippen molar-refractivity contribution < 1.29 is 5.11 Å². The molecule has 0 aliphatic carbocycles. The molecule has 0 saturated heterocycles. The normalized spacial score (nSPS) is 10.7. The first-order chi connectivity index (χ1) is 8.84. The zero-order valence-corrected chi connectivity index (χ0v) is 9.74. The van der Waals surface area contributed by atoms with Gasteiger partial charge in [0, 0.05) is 24.2 Å². The fourth-order valence-corrected chi connectivity index (χ4v) is 2.06. The highest BCUT2D eigenvalue weighted by atomic mass is 16.3. The van der Waals surface area contributed by atoms with Crippen molar-refractivity contribution in [3.05, 3.63) is 66.1 Å². The smallest absolute Gasteiger partial charge is 0.137 e. The second-order valence-electron chi connectivity index (χ2n) is 4.13. The number of fused-ring (bicyclic) bond motifs is 1. The SMILES string of the molecule is Oc1cccnc1Cc1ccnc2ccccc12. The van der Waals surface area contributed by atoms with Crippen molar-refractivity contribution in [3.8, 4) is 5.75 Å². The molecule has 2 aromatic heterocycles. The Morgan fingerprint density at radius 3 is 2.67 bits per heavy atom. The van der Waals surface area contributed by atoms with E-state index < -0.39 is 0 Å². The number of rotatable bonds is 2. The maximum Gasteiger partial charge on any atom is 0.137 e. The van der Waals surface area contributed by atoms with Gasteiger partial charge in [0.15, 0.2) is 0 Å². The number of hydrogen-bond donors (Lipinski definition) is 1. The molecule has 88 valence electrons. The molecule has 3 rings (SSSR count). The van der Waals surface area contributed by atoms with Crippen molar-refractivity contribution in [2.24, 2.45) is 0 Å². The van der Waals surface area contributed by atoms with Crippen LogP contribution in [0.5, 0.6) is 5.75 Å². The van der Waals surface area contributed by atoms with Gasteiger partial charge in [-0.05, 0) is 29.8 Å². The van der Waals surface area contributed by atoms with Crippen molar-refractivity contribution in [1.82, 2.24) is 9.97 Å². The summed E-state index contributed by atoms with van der Waals surface area (Å²) in [7, 11) is 0. The molecule has 0 unspecified atom stereocenters. The van der Waals surface area contributed by atoms with E-state index in [0.717, 1.165) is 16.5 Å². The number of benzene rings is 1. The van der Waals surface area contributed by atoms with Crippen LogP contribution in [0.3, 0.4) is 0 Å². The molecule has 1 N–H and O–H groups in total. The van der Waals surface area contributed by atoms with E-state index in [-0.39, 0.29) is 5.75 Å². The minimum Gasteiger partial charge on any atom is -0.506 e. The van der Waals surface area contributed by atoms with E-state index in [9.17, 15) is 5.11 Å². The van der Waals surface area contributed by atoms with Crippen molar-refractivity contribution in [3.63, 3.8) is 0 Å². The summed E-state index contributed by atoms with van der Waals surface area (Å²) in [6.45, 7) is 0. The average Bonchev–Trinajstić information content (AvgIpc) is 2.42. The van der Waals surface area contributed by atoms with E-state index in [2.05, 4.69) is 9.97 Å². The first-order valence-electron chi connectivity index (χ1n) is 5.80. The third kappa shape index (κ3) is 1.91.